The van der Waals surface area contributed by atoms with E-state index in [-0.39, 0.29) is 11.9 Å². The first kappa shape index (κ1) is 17.0. The van der Waals surface area contributed by atoms with Crippen molar-refractivity contribution >= 4 is 17.5 Å². The van der Waals surface area contributed by atoms with Gasteiger partial charge in [-0.05, 0) is 24.0 Å². The van der Waals surface area contributed by atoms with Gasteiger partial charge in [0.15, 0.2) is 5.15 Å². The normalized spacial score (nSPS) is 17.7. The summed E-state index contributed by atoms with van der Waals surface area (Å²) in [4.78, 5) is 21.7. The number of amides is 1. The number of nitrogens with two attached hydrogens (primary N) is 1. The minimum absolute atomic E-state index is 0.300. The Kier molecular flexibility index (Phi) is 5.21. The van der Waals surface area contributed by atoms with Crippen LogP contribution in [0.1, 0.15) is 42.4 Å². The van der Waals surface area contributed by atoms with Gasteiger partial charge < -0.3 is 10.7 Å². The highest BCUT2D eigenvalue weighted by molar-refractivity contribution is 6.30. The molecule has 5 nitrogen and oxygen atoms in total. The molecule has 0 aliphatic carbocycles. The lowest BCUT2D eigenvalue weighted by Crippen LogP contribution is -2.48. The molecule has 1 aliphatic rings. The zero-order chi connectivity index (χ0) is 17.1. The number of carbonyl (C=O) groups is 1. The first-order chi connectivity index (χ1) is 11.6. The molecule has 1 aliphatic heterocycles. The number of carbonyl (C=O) groups excluding carboxylic acids is 1. The van der Waals surface area contributed by atoms with Gasteiger partial charge in [-0.15, -0.1) is 0 Å². The van der Waals surface area contributed by atoms with E-state index in [0.717, 1.165) is 30.8 Å². The van der Waals surface area contributed by atoms with Gasteiger partial charge in [0.05, 0.1) is 11.7 Å². The molecule has 24 heavy (non-hydrogen) atoms. The SMILES string of the molecule is CCCCc1nc(Cl)c(CN2Cc3ccccc3C[C@@H]2C(N)=O)[nH]1. The Morgan fingerprint density at radius 1 is 1.42 bits per heavy atom. The molecule has 0 spiro atoms. The number of benzene rings is 1. The van der Waals surface area contributed by atoms with E-state index in [1.54, 1.807) is 0 Å². The number of hydrogen-bond donors (Lipinski definition) is 2. The average Bonchev–Trinajstić information content (AvgIpc) is 2.92. The first-order valence-electron chi connectivity index (χ1n) is 8.42. The van der Waals surface area contributed by atoms with Crippen LogP contribution in [0.5, 0.6) is 0 Å². The van der Waals surface area contributed by atoms with Crippen LogP contribution in [0.3, 0.4) is 0 Å². The maximum atomic E-state index is 11.9. The predicted molar refractivity (Wildman–Crippen MR) is 94.6 cm³/mol. The molecule has 3 rings (SSSR count). The summed E-state index contributed by atoms with van der Waals surface area (Å²) in [6, 6.07) is 7.86. The molecular weight excluding hydrogens is 324 g/mol. The van der Waals surface area contributed by atoms with Gasteiger partial charge in [-0.25, -0.2) is 4.98 Å². The van der Waals surface area contributed by atoms with E-state index in [1.165, 1.54) is 11.1 Å². The molecule has 0 unspecified atom stereocenters. The largest absolute Gasteiger partial charge is 0.368 e. The number of rotatable bonds is 6. The second-order valence-corrected chi connectivity index (χ2v) is 6.71. The Hall–Kier alpha value is -1.85. The van der Waals surface area contributed by atoms with Gasteiger partial charge >= 0.3 is 0 Å². The van der Waals surface area contributed by atoms with Crippen molar-refractivity contribution in [2.45, 2.75) is 51.7 Å². The molecule has 0 radical (unpaired) electrons. The van der Waals surface area contributed by atoms with Crippen LogP contribution >= 0.6 is 11.6 Å². The number of aryl methyl sites for hydroxylation is 1. The fraction of sp³-hybridized carbons (Fsp3) is 0.444. The summed E-state index contributed by atoms with van der Waals surface area (Å²) >= 11 is 6.29. The summed E-state index contributed by atoms with van der Waals surface area (Å²) in [6.07, 6.45) is 3.71. The second-order valence-electron chi connectivity index (χ2n) is 6.35. The number of H-pyrrole nitrogens is 1. The van der Waals surface area contributed by atoms with E-state index in [4.69, 9.17) is 17.3 Å². The van der Waals surface area contributed by atoms with Crippen molar-refractivity contribution in [1.82, 2.24) is 14.9 Å². The second kappa shape index (κ2) is 7.36. The topological polar surface area (TPSA) is 75.0 Å². The number of unbranched alkanes of at least 4 members (excludes halogenated alkanes) is 1. The van der Waals surface area contributed by atoms with Crippen molar-refractivity contribution in [3.05, 3.63) is 52.1 Å². The van der Waals surface area contributed by atoms with Crippen LogP contribution in [0.2, 0.25) is 5.15 Å². The Morgan fingerprint density at radius 3 is 2.88 bits per heavy atom. The van der Waals surface area contributed by atoms with Crippen molar-refractivity contribution in [3.63, 3.8) is 0 Å². The maximum Gasteiger partial charge on any atom is 0.235 e. The molecule has 128 valence electrons. The first-order valence-corrected chi connectivity index (χ1v) is 8.79. The number of nitrogens with one attached hydrogen (secondary N) is 1. The van der Waals surface area contributed by atoms with Crippen molar-refractivity contribution in [2.75, 3.05) is 0 Å². The third-order valence-electron chi connectivity index (χ3n) is 4.58. The third kappa shape index (κ3) is 3.62. The standard InChI is InChI=1S/C18H23ClN4O/c1-2-3-8-16-21-14(17(19)22-16)11-23-10-13-7-5-4-6-12(13)9-15(23)18(20)24/h4-7,15H,2-3,8-11H2,1H3,(H2,20,24)(H,21,22)/t15-/m1/s1. The number of halogens is 1. The molecule has 1 aromatic heterocycles. The van der Waals surface area contributed by atoms with Gasteiger partial charge in [-0.2, -0.15) is 0 Å². The molecular formula is C18H23ClN4O. The summed E-state index contributed by atoms with van der Waals surface area (Å²) in [5, 5.41) is 0.489. The predicted octanol–water partition coefficient (Wildman–Crippen LogP) is 2.82. The summed E-state index contributed by atoms with van der Waals surface area (Å²) in [6.45, 7) is 3.37. The number of imidazole rings is 1. The number of primary amides is 1. The van der Waals surface area contributed by atoms with Crippen molar-refractivity contribution in [3.8, 4) is 0 Å². The zero-order valence-electron chi connectivity index (χ0n) is 13.9. The van der Waals surface area contributed by atoms with Gasteiger partial charge in [0.2, 0.25) is 5.91 Å². The number of nitrogens with zero attached hydrogens (tertiary/aromatic N) is 2. The molecule has 2 heterocycles. The van der Waals surface area contributed by atoms with Gasteiger partial charge in [-0.1, -0.05) is 49.2 Å². The van der Waals surface area contributed by atoms with E-state index in [2.05, 4.69) is 33.9 Å². The van der Waals surface area contributed by atoms with Gasteiger partial charge in [0.1, 0.15) is 5.82 Å². The van der Waals surface area contributed by atoms with Crippen LogP contribution in [-0.4, -0.2) is 26.8 Å². The molecule has 0 saturated heterocycles. The number of hydrogen-bond acceptors (Lipinski definition) is 3. The molecule has 6 heteroatoms. The molecule has 1 aromatic carbocycles. The monoisotopic (exact) mass is 346 g/mol. The molecule has 0 bridgehead atoms. The van der Waals surface area contributed by atoms with Crippen LogP contribution in [0, 0.1) is 0 Å². The molecule has 2 aromatic rings. The van der Waals surface area contributed by atoms with Crippen molar-refractivity contribution < 1.29 is 4.79 Å². The Bertz CT molecular complexity index is 728. The Labute approximate surface area is 147 Å². The summed E-state index contributed by atoms with van der Waals surface area (Å²) < 4.78 is 0. The van der Waals surface area contributed by atoms with Crippen molar-refractivity contribution in [1.29, 1.82) is 0 Å². The van der Waals surface area contributed by atoms with E-state index in [0.29, 0.717) is 24.7 Å². The highest BCUT2D eigenvalue weighted by Crippen LogP contribution is 2.26. The molecule has 3 N–H and O–H groups in total. The van der Waals surface area contributed by atoms with Crippen LogP contribution in [0.4, 0.5) is 0 Å². The smallest absolute Gasteiger partial charge is 0.235 e. The van der Waals surface area contributed by atoms with E-state index < -0.39 is 0 Å². The highest BCUT2D eigenvalue weighted by Gasteiger charge is 2.30. The minimum atomic E-state index is -0.321. The van der Waals surface area contributed by atoms with E-state index in [1.807, 2.05) is 12.1 Å². The van der Waals surface area contributed by atoms with E-state index >= 15 is 0 Å². The lowest BCUT2D eigenvalue weighted by atomic mass is 9.93. The van der Waals surface area contributed by atoms with Gasteiger partial charge in [-0.3, -0.25) is 9.69 Å². The number of aromatic amines is 1. The maximum absolute atomic E-state index is 11.9. The number of fused-ring (bicyclic) bond motifs is 1. The average molecular weight is 347 g/mol. The molecule has 0 saturated carbocycles. The fourth-order valence-electron chi connectivity index (χ4n) is 3.23. The van der Waals surface area contributed by atoms with Crippen LogP contribution in [0.15, 0.2) is 24.3 Å². The summed E-state index contributed by atoms with van der Waals surface area (Å²) in [7, 11) is 0. The molecule has 1 amide bonds. The third-order valence-corrected chi connectivity index (χ3v) is 4.89. The van der Waals surface area contributed by atoms with Gasteiger partial charge in [0, 0.05) is 19.5 Å². The lowest BCUT2D eigenvalue weighted by Gasteiger charge is -2.34. The summed E-state index contributed by atoms with van der Waals surface area (Å²) in [5.41, 5.74) is 8.92. The van der Waals surface area contributed by atoms with Gasteiger partial charge in [0.25, 0.3) is 0 Å². The van der Waals surface area contributed by atoms with E-state index in [9.17, 15) is 4.79 Å². The van der Waals surface area contributed by atoms with Crippen LogP contribution < -0.4 is 5.73 Å². The highest BCUT2D eigenvalue weighted by atomic mass is 35.5. The minimum Gasteiger partial charge on any atom is -0.368 e. The van der Waals surface area contributed by atoms with Crippen LogP contribution in [-0.2, 0) is 30.7 Å². The van der Waals surface area contributed by atoms with Crippen LogP contribution in [0.25, 0.3) is 0 Å². The fourth-order valence-corrected chi connectivity index (χ4v) is 3.44. The quantitative estimate of drug-likeness (QED) is 0.844. The molecule has 1 atom stereocenters. The summed E-state index contributed by atoms with van der Waals surface area (Å²) in [5.74, 6) is 0.608. The lowest BCUT2D eigenvalue weighted by molar-refractivity contribution is -0.124. The Morgan fingerprint density at radius 2 is 2.17 bits per heavy atom. The Balaban J connectivity index is 1.80. The number of aromatic nitrogens is 2. The van der Waals surface area contributed by atoms with Crippen molar-refractivity contribution in [2.24, 2.45) is 5.73 Å². The molecule has 0 fully saturated rings. The zero-order valence-corrected chi connectivity index (χ0v) is 14.6.